The van der Waals surface area contributed by atoms with Crippen LogP contribution in [-0.2, 0) is 12.8 Å². The van der Waals surface area contributed by atoms with E-state index in [2.05, 4.69) is 17.2 Å². The third-order valence-electron chi connectivity index (χ3n) is 3.80. The summed E-state index contributed by atoms with van der Waals surface area (Å²) in [6.07, 6.45) is 5.02. The molecule has 20 heavy (non-hydrogen) atoms. The van der Waals surface area contributed by atoms with Crippen molar-refractivity contribution >= 4 is 23.1 Å². The first-order valence-corrected chi connectivity index (χ1v) is 7.84. The predicted molar refractivity (Wildman–Crippen MR) is 82.4 cm³/mol. The van der Waals surface area contributed by atoms with E-state index >= 15 is 0 Å². The lowest BCUT2D eigenvalue weighted by Gasteiger charge is -2.18. The van der Waals surface area contributed by atoms with E-state index < -0.39 is 0 Å². The molecule has 1 atom stereocenters. The summed E-state index contributed by atoms with van der Waals surface area (Å²) in [5.41, 5.74) is 3.18. The molecule has 3 nitrogen and oxygen atoms in total. The molecule has 0 bridgehead atoms. The van der Waals surface area contributed by atoms with E-state index in [1.165, 1.54) is 16.9 Å². The van der Waals surface area contributed by atoms with Gasteiger partial charge in [-0.25, -0.2) is 4.98 Å². The van der Waals surface area contributed by atoms with Gasteiger partial charge in [-0.1, -0.05) is 6.92 Å². The maximum Gasteiger partial charge on any atom is 0.257 e. The molecular weight excluding hydrogens is 268 g/mol. The highest BCUT2D eigenvalue weighted by Crippen LogP contribution is 2.33. The Morgan fingerprint density at radius 1 is 1.50 bits per heavy atom. The number of fused-ring (bicyclic) bond motifs is 1. The number of pyridine rings is 1. The van der Waals surface area contributed by atoms with Crippen molar-refractivity contribution in [1.82, 2.24) is 4.98 Å². The normalized spacial score (nSPS) is 17.6. The highest BCUT2D eigenvalue weighted by Gasteiger charge is 2.23. The van der Waals surface area contributed by atoms with Gasteiger partial charge in [-0.05, 0) is 55.4 Å². The van der Waals surface area contributed by atoms with Crippen LogP contribution in [0.1, 0.15) is 39.7 Å². The summed E-state index contributed by atoms with van der Waals surface area (Å²) >= 11 is 1.72. The fourth-order valence-corrected chi connectivity index (χ4v) is 3.90. The van der Waals surface area contributed by atoms with E-state index in [1.54, 1.807) is 17.5 Å². The second kappa shape index (κ2) is 5.37. The van der Waals surface area contributed by atoms with E-state index in [0.29, 0.717) is 5.82 Å². The maximum absolute atomic E-state index is 12.4. The van der Waals surface area contributed by atoms with Gasteiger partial charge >= 0.3 is 0 Å². The molecule has 3 rings (SSSR count). The number of hydrogen-bond acceptors (Lipinski definition) is 3. The summed E-state index contributed by atoms with van der Waals surface area (Å²) in [4.78, 5) is 18.0. The number of anilines is 1. The fourth-order valence-electron chi connectivity index (χ4n) is 2.66. The first kappa shape index (κ1) is 13.3. The second-order valence-corrected chi connectivity index (χ2v) is 6.54. The molecule has 0 fully saturated rings. The van der Waals surface area contributed by atoms with Gasteiger partial charge < -0.3 is 5.32 Å². The van der Waals surface area contributed by atoms with Crippen molar-refractivity contribution in [2.75, 3.05) is 5.32 Å². The number of thiophene rings is 1. The molecule has 0 spiro atoms. The van der Waals surface area contributed by atoms with Gasteiger partial charge in [0, 0.05) is 16.5 Å². The summed E-state index contributed by atoms with van der Waals surface area (Å²) in [6.45, 7) is 4.27. The SMILES string of the molecule is Cc1ccnc(NC(=O)c2csc3c2CC[C@H](C)C3)c1. The molecule has 0 saturated carbocycles. The Balaban J connectivity index is 1.81. The average molecular weight is 286 g/mol. The van der Waals surface area contributed by atoms with Crippen LogP contribution in [-0.4, -0.2) is 10.9 Å². The summed E-state index contributed by atoms with van der Waals surface area (Å²) < 4.78 is 0. The van der Waals surface area contributed by atoms with Crippen molar-refractivity contribution in [1.29, 1.82) is 0 Å². The zero-order chi connectivity index (χ0) is 14.1. The van der Waals surface area contributed by atoms with Gasteiger partial charge in [0.2, 0.25) is 0 Å². The quantitative estimate of drug-likeness (QED) is 0.911. The Hall–Kier alpha value is -1.68. The van der Waals surface area contributed by atoms with Crippen molar-refractivity contribution in [3.05, 3.63) is 45.3 Å². The van der Waals surface area contributed by atoms with Crippen molar-refractivity contribution < 1.29 is 4.79 Å². The molecule has 0 saturated heterocycles. The maximum atomic E-state index is 12.4. The smallest absolute Gasteiger partial charge is 0.257 e. The Morgan fingerprint density at radius 2 is 2.35 bits per heavy atom. The molecule has 0 radical (unpaired) electrons. The number of hydrogen-bond donors (Lipinski definition) is 1. The molecule has 2 aromatic heterocycles. The standard InChI is InChI=1S/C16H18N2OS/c1-10-3-4-12-13(9-20-14(12)7-10)16(19)18-15-8-11(2)5-6-17-15/h5-6,8-10H,3-4,7H2,1-2H3,(H,17,18,19)/t10-/m0/s1. The molecule has 4 heteroatoms. The van der Waals surface area contributed by atoms with Crippen LogP contribution in [0.4, 0.5) is 5.82 Å². The van der Waals surface area contributed by atoms with Gasteiger partial charge in [0.25, 0.3) is 5.91 Å². The number of aryl methyl sites for hydroxylation is 1. The number of nitrogens with one attached hydrogen (secondary N) is 1. The van der Waals surface area contributed by atoms with Crippen LogP contribution in [0.25, 0.3) is 0 Å². The molecule has 1 amide bonds. The first-order valence-electron chi connectivity index (χ1n) is 6.96. The molecule has 0 aromatic carbocycles. The lowest BCUT2D eigenvalue weighted by Crippen LogP contribution is -2.17. The minimum Gasteiger partial charge on any atom is -0.307 e. The van der Waals surface area contributed by atoms with Crippen LogP contribution in [0.15, 0.2) is 23.7 Å². The number of aromatic nitrogens is 1. The Bertz CT molecular complexity index is 648. The van der Waals surface area contributed by atoms with Crippen LogP contribution in [0, 0.1) is 12.8 Å². The number of carbonyl (C=O) groups is 1. The molecule has 2 aromatic rings. The average Bonchev–Trinajstić information content (AvgIpc) is 2.81. The summed E-state index contributed by atoms with van der Waals surface area (Å²) in [6, 6.07) is 3.81. The van der Waals surface area contributed by atoms with E-state index in [0.717, 1.165) is 29.9 Å². The van der Waals surface area contributed by atoms with Crippen LogP contribution in [0.2, 0.25) is 0 Å². The zero-order valence-electron chi connectivity index (χ0n) is 11.8. The first-order chi connectivity index (χ1) is 9.63. The lowest BCUT2D eigenvalue weighted by molar-refractivity contribution is 0.102. The fraction of sp³-hybridized carbons (Fsp3) is 0.375. The predicted octanol–water partition coefficient (Wildman–Crippen LogP) is 3.83. The van der Waals surface area contributed by atoms with Crippen LogP contribution >= 0.6 is 11.3 Å². The summed E-state index contributed by atoms with van der Waals surface area (Å²) in [5.74, 6) is 1.32. The van der Waals surface area contributed by atoms with Crippen LogP contribution < -0.4 is 5.32 Å². The highest BCUT2D eigenvalue weighted by atomic mass is 32.1. The number of rotatable bonds is 2. The molecule has 1 N–H and O–H groups in total. The summed E-state index contributed by atoms with van der Waals surface area (Å²) in [5, 5.41) is 4.90. The van der Waals surface area contributed by atoms with Gasteiger partial charge in [-0.15, -0.1) is 11.3 Å². The minimum atomic E-state index is -0.0323. The number of carbonyl (C=O) groups excluding carboxylic acids is 1. The third-order valence-corrected chi connectivity index (χ3v) is 4.85. The molecule has 2 heterocycles. The second-order valence-electron chi connectivity index (χ2n) is 5.57. The largest absolute Gasteiger partial charge is 0.307 e. The van der Waals surface area contributed by atoms with E-state index in [-0.39, 0.29) is 5.91 Å². The van der Waals surface area contributed by atoms with Gasteiger partial charge in [0.1, 0.15) is 5.82 Å². The van der Waals surface area contributed by atoms with Gasteiger partial charge in [0.15, 0.2) is 0 Å². The van der Waals surface area contributed by atoms with E-state index in [4.69, 9.17) is 0 Å². The molecule has 0 unspecified atom stereocenters. The lowest BCUT2D eigenvalue weighted by atomic mass is 9.88. The third kappa shape index (κ3) is 2.61. The Morgan fingerprint density at radius 3 is 3.15 bits per heavy atom. The molecular formula is C16H18N2OS. The van der Waals surface area contributed by atoms with Gasteiger partial charge in [-0.2, -0.15) is 0 Å². The van der Waals surface area contributed by atoms with Crippen molar-refractivity contribution in [2.45, 2.75) is 33.1 Å². The van der Waals surface area contributed by atoms with Crippen molar-refractivity contribution in [2.24, 2.45) is 5.92 Å². The molecule has 0 aliphatic heterocycles. The topological polar surface area (TPSA) is 42.0 Å². The molecule has 1 aliphatic carbocycles. The van der Waals surface area contributed by atoms with Crippen LogP contribution in [0.3, 0.4) is 0 Å². The number of nitrogens with zero attached hydrogens (tertiary/aromatic N) is 1. The Labute approximate surface area is 123 Å². The zero-order valence-corrected chi connectivity index (χ0v) is 12.6. The number of amides is 1. The molecule has 1 aliphatic rings. The summed E-state index contributed by atoms with van der Waals surface area (Å²) in [7, 11) is 0. The van der Waals surface area contributed by atoms with E-state index in [9.17, 15) is 4.79 Å². The van der Waals surface area contributed by atoms with E-state index in [1.807, 2.05) is 24.4 Å². The Kier molecular flexibility index (Phi) is 3.57. The van der Waals surface area contributed by atoms with Gasteiger partial charge in [0.05, 0.1) is 5.56 Å². The molecule has 104 valence electrons. The minimum absolute atomic E-state index is 0.0323. The highest BCUT2D eigenvalue weighted by molar-refractivity contribution is 7.10. The van der Waals surface area contributed by atoms with Gasteiger partial charge in [-0.3, -0.25) is 4.79 Å². The van der Waals surface area contributed by atoms with Crippen molar-refractivity contribution in [3.63, 3.8) is 0 Å². The van der Waals surface area contributed by atoms with Crippen LogP contribution in [0.5, 0.6) is 0 Å². The van der Waals surface area contributed by atoms with Crippen molar-refractivity contribution in [3.8, 4) is 0 Å². The monoisotopic (exact) mass is 286 g/mol.